The fourth-order valence-electron chi connectivity index (χ4n) is 6.45. The molecule has 0 saturated carbocycles. The van der Waals surface area contributed by atoms with Gasteiger partial charge in [0.05, 0.1) is 18.7 Å². The Bertz CT molecular complexity index is 1520. The Balaban J connectivity index is 1.32. The molecule has 3 aliphatic rings. The molecule has 2 aliphatic heterocycles. The number of carbonyl (C=O) groups is 2. The summed E-state index contributed by atoms with van der Waals surface area (Å²) in [4.78, 5) is 33.9. The third kappa shape index (κ3) is 4.94. The molecule has 3 heterocycles. The lowest BCUT2D eigenvalue weighted by atomic mass is 9.78. The van der Waals surface area contributed by atoms with Crippen molar-refractivity contribution in [1.29, 1.82) is 0 Å². The third-order valence-corrected chi connectivity index (χ3v) is 9.02. The second kappa shape index (κ2) is 10.8. The number of hydrogen-bond acceptors (Lipinski definition) is 4. The van der Waals surface area contributed by atoms with E-state index in [-0.39, 0.29) is 17.7 Å². The van der Waals surface area contributed by atoms with Gasteiger partial charge in [-0.25, -0.2) is 0 Å². The first kappa shape index (κ1) is 27.2. The van der Waals surface area contributed by atoms with Crippen molar-refractivity contribution in [3.05, 3.63) is 113 Å². The second-order valence-electron chi connectivity index (χ2n) is 11.7. The molecule has 1 saturated heterocycles. The zero-order valence-corrected chi connectivity index (χ0v) is 24.3. The Morgan fingerprint density at radius 1 is 0.951 bits per heavy atom. The van der Waals surface area contributed by atoms with Gasteiger partial charge in [-0.05, 0) is 62.8 Å². The van der Waals surface area contributed by atoms with Gasteiger partial charge in [0.25, 0.3) is 11.8 Å². The van der Waals surface area contributed by atoms with Crippen LogP contribution in [0.25, 0.3) is 0 Å². The quantitative estimate of drug-likeness (QED) is 0.456. The van der Waals surface area contributed by atoms with Gasteiger partial charge in [0, 0.05) is 49.1 Å². The zero-order valence-electron chi connectivity index (χ0n) is 24.3. The van der Waals surface area contributed by atoms with Crippen LogP contribution < -0.4 is 4.90 Å². The van der Waals surface area contributed by atoms with E-state index in [2.05, 4.69) is 41.8 Å². The monoisotopic (exact) mass is 550 g/mol. The minimum atomic E-state index is -0.674. The molecule has 2 aromatic carbocycles. The molecule has 2 unspecified atom stereocenters. The molecule has 3 atom stereocenters. The number of para-hydroxylation sites is 1. The highest BCUT2D eigenvalue weighted by Gasteiger charge is 2.37. The number of hydrogen-bond donors (Lipinski definition) is 0. The zero-order chi connectivity index (χ0) is 28.7. The fraction of sp³-hybridized carbons (Fsp3) is 0.353. The van der Waals surface area contributed by atoms with Crippen LogP contribution in [0.2, 0.25) is 0 Å². The van der Waals surface area contributed by atoms with Gasteiger partial charge in [-0.15, -0.1) is 0 Å². The first-order valence-corrected chi connectivity index (χ1v) is 14.3. The molecule has 0 N–H and O–H groups in total. The number of fused-ring (bicyclic) bond motifs is 2. The van der Waals surface area contributed by atoms with Gasteiger partial charge < -0.3 is 24.0 Å². The van der Waals surface area contributed by atoms with E-state index in [0.717, 1.165) is 42.0 Å². The number of likely N-dealkylation sites (tertiary alicyclic amines) is 1. The lowest BCUT2D eigenvalue weighted by Gasteiger charge is -2.36. The van der Waals surface area contributed by atoms with Crippen molar-refractivity contribution in [3.63, 3.8) is 0 Å². The number of carbonyl (C=O) groups excluding carboxylic acids is 2. The molecule has 6 rings (SSSR count). The Morgan fingerprint density at radius 3 is 2.44 bits per heavy atom. The van der Waals surface area contributed by atoms with E-state index in [1.165, 1.54) is 0 Å². The Labute approximate surface area is 242 Å². The Morgan fingerprint density at radius 2 is 1.71 bits per heavy atom. The van der Waals surface area contributed by atoms with Crippen LogP contribution in [0, 0.1) is 0 Å². The Hall–Kier alpha value is -3.94. The van der Waals surface area contributed by atoms with Crippen molar-refractivity contribution in [2.24, 2.45) is 0 Å². The number of aromatic nitrogens is 1. The maximum atomic E-state index is 14.2. The summed E-state index contributed by atoms with van der Waals surface area (Å²) in [5, 5.41) is 0. The van der Waals surface area contributed by atoms with Gasteiger partial charge in [-0.2, -0.15) is 0 Å². The number of nitrogens with zero attached hydrogens (tertiary/aromatic N) is 4. The van der Waals surface area contributed by atoms with Crippen LogP contribution in [0.1, 0.15) is 46.6 Å². The van der Waals surface area contributed by atoms with Crippen LogP contribution >= 0.6 is 0 Å². The second-order valence-corrected chi connectivity index (χ2v) is 11.7. The molecule has 2 amide bonds. The minimum absolute atomic E-state index is 0.00912. The lowest BCUT2D eigenvalue weighted by molar-refractivity contribution is -0.115. The highest BCUT2D eigenvalue weighted by molar-refractivity contribution is 6.08. The van der Waals surface area contributed by atoms with Crippen LogP contribution in [0.4, 0.5) is 5.69 Å². The van der Waals surface area contributed by atoms with Crippen molar-refractivity contribution in [3.8, 4) is 0 Å². The van der Waals surface area contributed by atoms with E-state index >= 15 is 0 Å². The van der Waals surface area contributed by atoms with Crippen molar-refractivity contribution < 1.29 is 14.3 Å². The maximum Gasteiger partial charge on any atom is 0.270 e. The predicted octanol–water partition coefficient (Wildman–Crippen LogP) is 4.84. The molecule has 7 nitrogen and oxygen atoms in total. The van der Waals surface area contributed by atoms with Gasteiger partial charge in [0.2, 0.25) is 0 Å². The van der Waals surface area contributed by atoms with E-state index in [0.29, 0.717) is 30.4 Å². The van der Waals surface area contributed by atoms with Crippen molar-refractivity contribution in [2.75, 3.05) is 39.2 Å². The lowest BCUT2D eigenvalue weighted by Crippen LogP contribution is -2.38. The number of rotatable bonds is 5. The van der Waals surface area contributed by atoms with E-state index in [1.54, 1.807) is 7.11 Å². The summed E-state index contributed by atoms with van der Waals surface area (Å²) in [6, 6.07) is 22.5. The number of methoxy groups -OCH3 is 1. The highest BCUT2D eigenvalue weighted by atomic mass is 16.5. The van der Waals surface area contributed by atoms with E-state index < -0.39 is 5.60 Å². The minimum Gasteiger partial charge on any atom is -0.373 e. The molecule has 1 aliphatic carbocycles. The molecule has 41 heavy (non-hydrogen) atoms. The molecule has 1 fully saturated rings. The molecule has 0 radical (unpaired) electrons. The summed E-state index contributed by atoms with van der Waals surface area (Å²) in [6.45, 7) is 4.43. The van der Waals surface area contributed by atoms with Crippen molar-refractivity contribution >= 4 is 17.5 Å². The Kier molecular flexibility index (Phi) is 7.18. The summed E-state index contributed by atoms with van der Waals surface area (Å²) in [7, 11) is 5.83. The van der Waals surface area contributed by atoms with Gasteiger partial charge in [-0.3, -0.25) is 9.59 Å². The number of amides is 2. The molecule has 0 spiro atoms. The molecular weight excluding hydrogens is 512 g/mol. The predicted molar refractivity (Wildman–Crippen MR) is 161 cm³/mol. The molecule has 7 heteroatoms. The summed E-state index contributed by atoms with van der Waals surface area (Å²) in [5.41, 5.74) is 4.56. The van der Waals surface area contributed by atoms with Crippen LogP contribution in [-0.4, -0.2) is 72.1 Å². The normalized spacial score (nSPS) is 23.7. The molecule has 3 aromatic rings. The average molecular weight is 551 g/mol. The first-order valence-electron chi connectivity index (χ1n) is 14.3. The average Bonchev–Trinajstić information content (AvgIpc) is 3.61. The summed E-state index contributed by atoms with van der Waals surface area (Å²) >= 11 is 0. The topological polar surface area (TPSA) is 58.0 Å². The largest absolute Gasteiger partial charge is 0.373 e. The van der Waals surface area contributed by atoms with Crippen molar-refractivity contribution in [2.45, 2.75) is 44.0 Å². The number of anilines is 1. The van der Waals surface area contributed by atoms with Crippen LogP contribution in [0.15, 0.2) is 90.5 Å². The molecule has 1 aromatic heterocycles. The maximum absolute atomic E-state index is 14.2. The SMILES string of the molecule is COC1(C)C=C(C(=O)N2Cc3ccc(C(=O)N4CC[C@@H](N(C)C)C4)n3Cc3ccccc32)C=CC1c1ccccc1. The summed E-state index contributed by atoms with van der Waals surface area (Å²) in [6.07, 6.45) is 6.94. The number of benzene rings is 2. The highest BCUT2D eigenvalue weighted by Crippen LogP contribution is 2.39. The summed E-state index contributed by atoms with van der Waals surface area (Å²) in [5.74, 6) is -0.0388. The van der Waals surface area contributed by atoms with Gasteiger partial charge in [-0.1, -0.05) is 60.7 Å². The van der Waals surface area contributed by atoms with Crippen LogP contribution in [0.3, 0.4) is 0 Å². The molecule has 212 valence electrons. The summed E-state index contributed by atoms with van der Waals surface area (Å²) < 4.78 is 8.11. The first-order chi connectivity index (χ1) is 19.8. The van der Waals surface area contributed by atoms with Gasteiger partial charge in [0.1, 0.15) is 5.69 Å². The third-order valence-electron chi connectivity index (χ3n) is 9.02. The van der Waals surface area contributed by atoms with E-state index in [9.17, 15) is 9.59 Å². The molecular formula is C34H38N4O3. The van der Waals surface area contributed by atoms with Gasteiger partial charge >= 0.3 is 0 Å². The van der Waals surface area contributed by atoms with Crippen LogP contribution in [0.5, 0.6) is 0 Å². The fourth-order valence-corrected chi connectivity index (χ4v) is 6.45. The van der Waals surface area contributed by atoms with E-state index in [4.69, 9.17) is 4.74 Å². The standard InChI is InChI=1S/C34H38N4O3/c1-34(41-4)20-25(14-16-29(34)24-10-6-5-7-11-24)32(39)38-23-28-15-17-31(33(40)36-19-18-27(22-36)35(2)3)37(28)21-26-12-8-9-13-30(26)38/h5-17,20,27,29H,18-19,21-23H2,1-4H3/t27-,29?,34?/m1/s1. The smallest absolute Gasteiger partial charge is 0.270 e. The van der Waals surface area contributed by atoms with Crippen molar-refractivity contribution in [1.82, 2.24) is 14.4 Å². The van der Waals surface area contributed by atoms with Crippen LogP contribution in [-0.2, 0) is 22.6 Å². The van der Waals surface area contributed by atoms with Gasteiger partial charge in [0.15, 0.2) is 0 Å². The number of ether oxygens (including phenoxy) is 1. The molecule has 0 bridgehead atoms. The van der Waals surface area contributed by atoms with E-state index in [1.807, 2.05) is 83.5 Å². The number of likely N-dealkylation sites (N-methyl/N-ethyl adjacent to an activating group) is 1.